The van der Waals surface area contributed by atoms with Gasteiger partial charge >= 0.3 is 0 Å². The van der Waals surface area contributed by atoms with Gasteiger partial charge in [-0.3, -0.25) is 0 Å². The first-order valence-corrected chi connectivity index (χ1v) is 5.11. The van der Waals surface area contributed by atoms with Crippen molar-refractivity contribution in [2.75, 3.05) is 5.75 Å². The second-order valence-corrected chi connectivity index (χ2v) is 3.62. The Labute approximate surface area is 89.7 Å². The van der Waals surface area contributed by atoms with Gasteiger partial charge < -0.3 is 0 Å². The fourth-order valence-electron chi connectivity index (χ4n) is 0.981. The number of hydrogen-bond acceptors (Lipinski definition) is 1. The van der Waals surface area contributed by atoms with Crippen LogP contribution in [0, 0.1) is 18.8 Å². The minimum absolute atomic E-state index is 0.761. The van der Waals surface area contributed by atoms with Crippen molar-refractivity contribution in [1.29, 1.82) is 0 Å². The van der Waals surface area contributed by atoms with Crippen LogP contribution in [0.25, 0.3) is 0 Å². The molecule has 68 valence electrons. The number of thiol groups is 1. The van der Waals surface area contributed by atoms with E-state index in [1.54, 1.807) is 0 Å². The third-order valence-electron chi connectivity index (χ3n) is 1.65. The molecule has 13 heavy (non-hydrogen) atoms. The highest BCUT2D eigenvalue weighted by Crippen LogP contribution is 2.13. The van der Waals surface area contributed by atoms with E-state index in [1.165, 1.54) is 0 Å². The molecule has 0 bridgehead atoms. The zero-order valence-corrected chi connectivity index (χ0v) is 9.12. The van der Waals surface area contributed by atoms with E-state index in [0.717, 1.165) is 28.3 Å². The SMILES string of the molecule is Cc1cc(Cl)ccc1C#CCCS. The highest BCUT2D eigenvalue weighted by molar-refractivity contribution is 7.80. The van der Waals surface area contributed by atoms with Crippen LogP contribution in [-0.2, 0) is 0 Å². The maximum Gasteiger partial charge on any atom is 0.0409 e. The molecule has 0 atom stereocenters. The lowest BCUT2D eigenvalue weighted by Crippen LogP contribution is -1.81. The van der Waals surface area contributed by atoms with E-state index in [4.69, 9.17) is 11.6 Å². The summed E-state index contributed by atoms with van der Waals surface area (Å²) < 4.78 is 0. The Morgan fingerprint density at radius 1 is 1.46 bits per heavy atom. The van der Waals surface area contributed by atoms with E-state index >= 15 is 0 Å². The Hall–Kier alpha value is -0.580. The van der Waals surface area contributed by atoms with Crippen molar-refractivity contribution >= 4 is 24.2 Å². The molecule has 0 heterocycles. The van der Waals surface area contributed by atoms with Crippen molar-refractivity contribution in [3.05, 3.63) is 34.3 Å². The summed E-state index contributed by atoms with van der Waals surface area (Å²) in [5.74, 6) is 6.93. The zero-order chi connectivity index (χ0) is 9.68. The Balaban J connectivity index is 2.85. The standard InChI is InChI=1S/C11H11ClS/c1-9-8-11(12)6-5-10(9)4-2-3-7-13/h5-6,8,13H,3,7H2,1H3. The Kier molecular flexibility index (Phi) is 4.21. The Morgan fingerprint density at radius 2 is 2.23 bits per heavy atom. The summed E-state index contributed by atoms with van der Waals surface area (Å²) in [5.41, 5.74) is 2.17. The average molecular weight is 211 g/mol. The molecule has 0 aromatic heterocycles. The van der Waals surface area contributed by atoms with Gasteiger partial charge in [-0.2, -0.15) is 12.6 Å². The molecule has 0 spiro atoms. The topological polar surface area (TPSA) is 0 Å². The highest BCUT2D eigenvalue weighted by atomic mass is 35.5. The van der Waals surface area contributed by atoms with Crippen LogP contribution in [-0.4, -0.2) is 5.75 Å². The molecule has 0 aliphatic rings. The smallest absolute Gasteiger partial charge is 0.0409 e. The minimum atomic E-state index is 0.761. The van der Waals surface area contributed by atoms with Crippen LogP contribution in [0.3, 0.4) is 0 Å². The van der Waals surface area contributed by atoms with E-state index in [9.17, 15) is 0 Å². The van der Waals surface area contributed by atoms with Gasteiger partial charge in [-0.05, 0) is 30.7 Å². The molecule has 1 aromatic carbocycles. The van der Waals surface area contributed by atoms with E-state index in [-0.39, 0.29) is 0 Å². The molecule has 0 radical (unpaired) electrons. The molecule has 2 heteroatoms. The fourth-order valence-corrected chi connectivity index (χ4v) is 1.32. The first-order valence-electron chi connectivity index (χ1n) is 4.10. The molecule has 0 nitrogen and oxygen atoms in total. The maximum absolute atomic E-state index is 5.82. The normalized spacial score (nSPS) is 9.15. The van der Waals surface area contributed by atoms with Crippen molar-refractivity contribution < 1.29 is 0 Å². The quantitative estimate of drug-likeness (QED) is 0.534. The van der Waals surface area contributed by atoms with Crippen LogP contribution in [0.1, 0.15) is 17.5 Å². The minimum Gasteiger partial charge on any atom is -0.178 e. The van der Waals surface area contributed by atoms with Crippen LogP contribution < -0.4 is 0 Å². The van der Waals surface area contributed by atoms with E-state index < -0.39 is 0 Å². The van der Waals surface area contributed by atoms with Gasteiger partial charge in [-0.1, -0.05) is 23.4 Å². The average Bonchev–Trinajstić information content (AvgIpc) is 2.09. The molecule has 0 unspecified atom stereocenters. The van der Waals surface area contributed by atoms with Gasteiger partial charge in [0, 0.05) is 22.8 Å². The second kappa shape index (κ2) is 5.21. The summed E-state index contributed by atoms with van der Waals surface area (Å²) in [6.07, 6.45) is 0.825. The maximum atomic E-state index is 5.82. The lowest BCUT2D eigenvalue weighted by atomic mass is 10.1. The van der Waals surface area contributed by atoms with Crippen LogP contribution in [0.4, 0.5) is 0 Å². The van der Waals surface area contributed by atoms with Crippen LogP contribution in [0.5, 0.6) is 0 Å². The van der Waals surface area contributed by atoms with Crippen LogP contribution in [0.15, 0.2) is 18.2 Å². The number of benzene rings is 1. The summed E-state index contributed by atoms with van der Waals surface area (Å²) >= 11 is 9.90. The molecule has 1 rings (SSSR count). The van der Waals surface area contributed by atoms with Gasteiger partial charge in [-0.15, -0.1) is 0 Å². The van der Waals surface area contributed by atoms with Gasteiger partial charge in [0.25, 0.3) is 0 Å². The lowest BCUT2D eigenvalue weighted by molar-refractivity contribution is 1.31. The first kappa shape index (κ1) is 10.5. The molecule has 0 saturated carbocycles. The molecule has 0 N–H and O–H groups in total. The summed E-state index contributed by atoms with van der Waals surface area (Å²) in [5, 5.41) is 0.761. The van der Waals surface area contributed by atoms with Crippen LogP contribution >= 0.6 is 24.2 Å². The van der Waals surface area contributed by atoms with Crippen molar-refractivity contribution in [3.8, 4) is 11.8 Å². The summed E-state index contributed by atoms with van der Waals surface area (Å²) in [6, 6.07) is 5.73. The van der Waals surface area contributed by atoms with E-state index in [2.05, 4.69) is 24.5 Å². The van der Waals surface area contributed by atoms with Crippen molar-refractivity contribution in [3.63, 3.8) is 0 Å². The van der Waals surface area contributed by atoms with E-state index in [0.29, 0.717) is 0 Å². The molecule has 0 aliphatic carbocycles. The molecular formula is C11H11ClS. The predicted octanol–water partition coefficient (Wildman–Crippen LogP) is 3.32. The van der Waals surface area contributed by atoms with Gasteiger partial charge in [0.15, 0.2) is 0 Å². The monoisotopic (exact) mass is 210 g/mol. The van der Waals surface area contributed by atoms with Gasteiger partial charge in [0.1, 0.15) is 0 Å². The molecule has 0 saturated heterocycles. The Morgan fingerprint density at radius 3 is 2.85 bits per heavy atom. The molecule has 0 amide bonds. The van der Waals surface area contributed by atoms with Crippen molar-refractivity contribution in [2.45, 2.75) is 13.3 Å². The summed E-state index contributed by atoms with van der Waals surface area (Å²) in [6.45, 7) is 2.01. The fraction of sp³-hybridized carbons (Fsp3) is 0.273. The van der Waals surface area contributed by atoms with Gasteiger partial charge in [0.2, 0.25) is 0 Å². The number of halogens is 1. The summed E-state index contributed by atoms with van der Waals surface area (Å²) in [4.78, 5) is 0. The van der Waals surface area contributed by atoms with Gasteiger partial charge in [-0.25, -0.2) is 0 Å². The third-order valence-corrected chi connectivity index (χ3v) is 2.11. The van der Waals surface area contributed by atoms with E-state index in [1.807, 2.05) is 25.1 Å². The number of aryl methyl sites for hydroxylation is 1. The molecule has 0 fully saturated rings. The Bertz CT molecular complexity index is 347. The number of rotatable bonds is 1. The lowest BCUT2D eigenvalue weighted by Gasteiger charge is -1.97. The van der Waals surface area contributed by atoms with Crippen molar-refractivity contribution in [2.24, 2.45) is 0 Å². The largest absolute Gasteiger partial charge is 0.178 e. The summed E-state index contributed by atoms with van der Waals surface area (Å²) in [7, 11) is 0. The predicted molar refractivity (Wildman–Crippen MR) is 61.5 cm³/mol. The van der Waals surface area contributed by atoms with Crippen molar-refractivity contribution in [1.82, 2.24) is 0 Å². The highest BCUT2D eigenvalue weighted by Gasteiger charge is 1.94. The van der Waals surface area contributed by atoms with Crippen LogP contribution in [0.2, 0.25) is 5.02 Å². The van der Waals surface area contributed by atoms with Gasteiger partial charge in [0.05, 0.1) is 0 Å². The zero-order valence-electron chi connectivity index (χ0n) is 7.47. The first-order chi connectivity index (χ1) is 6.24. The molecular weight excluding hydrogens is 200 g/mol. The second-order valence-electron chi connectivity index (χ2n) is 2.73. The third kappa shape index (κ3) is 3.34. The number of hydrogen-bond donors (Lipinski definition) is 1. The molecule has 1 aromatic rings. The molecule has 0 aliphatic heterocycles.